The number of ether oxygens (including phenoxy) is 1. The van der Waals surface area contributed by atoms with Crippen molar-refractivity contribution in [3.05, 3.63) is 68.8 Å². The number of amides is 2. The number of benzene rings is 3. The second-order valence-electron chi connectivity index (χ2n) is 9.44. The zero-order valence-corrected chi connectivity index (χ0v) is 25.4. The van der Waals surface area contributed by atoms with E-state index >= 15 is 0 Å². The molecule has 11 heteroatoms. The number of aromatic nitrogens is 1. The molecule has 3 aromatic carbocycles. The van der Waals surface area contributed by atoms with E-state index in [9.17, 15) is 24.6 Å². The predicted octanol–water partition coefficient (Wildman–Crippen LogP) is 7.04. The molecular formula is C30H29ClIN3O6. The summed E-state index contributed by atoms with van der Waals surface area (Å²) < 4.78 is 8.30. The van der Waals surface area contributed by atoms with Gasteiger partial charge in [0, 0.05) is 51.9 Å². The molecule has 0 aliphatic carbocycles. The molecule has 4 rings (SSSR count). The normalized spacial score (nSPS) is 10.9. The van der Waals surface area contributed by atoms with Crippen LogP contribution < -0.4 is 15.4 Å². The van der Waals surface area contributed by atoms with Gasteiger partial charge in [0.15, 0.2) is 0 Å². The van der Waals surface area contributed by atoms with E-state index in [0.717, 1.165) is 27.7 Å². The largest absolute Gasteiger partial charge is 0.507 e. The average molecular weight is 690 g/mol. The number of nitrogens with one attached hydrogen (secondary N) is 2. The van der Waals surface area contributed by atoms with Gasteiger partial charge in [-0.05, 0) is 65.4 Å². The second kappa shape index (κ2) is 13.3. The minimum absolute atomic E-state index is 0.0194. The first-order valence-corrected chi connectivity index (χ1v) is 14.4. The Hall–Kier alpha value is -3.77. The van der Waals surface area contributed by atoms with E-state index in [0.29, 0.717) is 39.7 Å². The van der Waals surface area contributed by atoms with Gasteiger partial charge in [-0.15, -0.1) is 0 Å². The number of carbonyl (C=O) groups is 3. The third-order valence-corrected chi connectivity index (χ3v) is 7.84. The lowest BCUT2D eigenvalue weighted by atomic mass is 10.1. The monoisotopic (exact) mass is 689 g/mol. The van der Waals surface area contributed by atoms with E-state index in [1.165, 1.54) is 12.1 Å². The quantitative estimate of drug-likeness (QED) is 0.0988. The Kier molecular flexibility index (Phi) is 9.77. The van der Waals surface area contributed by atoms with Crippen molar-refractivity contribution in [3.63, 3.8) is 0 Å². The van der Waals surface area contributed by atoms with Crippen LogP contribution in [0.2, 0.25) is 5.02 Å². The van der Waals surface area contributed by atoms with Crippen molar-refractivity contribution in [1.82, 2.24) is 4.57 Å². The number of hydrogen-bond acceptors (Lipinski definition) is 5. The summed E-state index contributed by atoms with van der Waals surface area (Å²) in [7, 11) is 1.82. The van der Waals surface area contributed by atoms with Crippen LogP contribution in [-0.2, 0) is 16.6 Å². The first kappa shape index (κ1) is 30.2. The van der Waals surface area contributed by atoms with Crippen molar-refractivity contribution in [2.45, 2.75) is 32.6 Å². The molecule has 0 radical (unpaired) electrons. The minimum atomic E-state index is -1.21. The Bertz CT molecular complexity index is 1630. The Morgan fingerprint density at radius 1 is 1.00 bits per heavy atom. The number of phenols is 1. The standard InChI is InChI=1S/C30H29ClIN3O6/c1-3-4-12-41-25-9-8-19(14-22(25)31)34-27(38)11-10-26(37)33-18-7-5-6-17(13-18)29-28(32)20-15-21(30(39)40)24(36)16-23(20)35(29)2/h5-9,13-16,36H,3-4,10-12H2,1-2H3,(H,33,37)(H,34,38)(H,39,40). The van der Waals surface area contributed by atoms with Crippen molar-refractivity contribution >= 4 is 74.3 Å². The smallest absolute Gasteiger partial charge is 0.339 e. The number of carboxylic acids is 1. The van der Waals surface area contributed by atoms with Crippen molar-refractivity contribution in [2.75, 3.05) is 17.2 Å². The molecule has 0 saturated carbocycles. The van der Waals surface area contributed by atoms with Crippen molar-refractivity contribution in [1.29, 1.82) is 0 Å². The van der Waals surface area contributed by atoms with Crippen LogP contribution in [0, 0.1) is 3.57 Å². The number of aromatic hydroxyl groups is 1. The Balaban J connectivity index is 1.40. The molecule has 0 spiro atoms. The highest BCUT2D eigenvalue weighted by Crippen LogP contribution is 2.37. The third-order valence-electron chi connectivity index (χ3n) is 6.46. The fourth-order valence-electron chi connectivity index (χ4n) is 4.36. The first-order chi connectivity index (χ1) is 19.6. The molecule has 2 amide bonds. The summed E-state index contributed by atoms with van der Waals surface area (Å²) in [6, 6.07) is 15.1. The number of carbonyl (C=O) groups excluding carboxylic acids is 2. The van der Waals surface area contributed by atoms with Crippen LogP contribution in [0.15, 0.2) is 54.6 Å². The zero-order chi connectivity index (χ0) is 29.7. The molecule has 41 heavy (non-hydrogen) atoms. The number of fused-ring (bicyclic) bond motifs is 1. The molecule has 1 heterocycles. The highest BCUT2D eigenvalue weighted by molar-refractivity contribution is 14.1. The van der Waals surface area contributed by atoms with E-state index in [1.807, 2.05) is 17.7 Å². The van der Waals surface area contributed by atoms with Crippen LogP contribution in [-0.4, -0.2) is 39.2 Å². The second-order valence-corrected chi connectivity index (χ2v) is 10.9. The molecule has 0 atom stereocenters. The lowest BCUT2D eigenvalue weighted by molar-refractivity contribution is -0.121. The van der Waals surface area contributed by atoms with Crippen LogP contribution in [0.3, 0.4) is 0 Å². The third kappa shape index (κ3) is 7.12. The maximum absolute atomic E-state index is 12.6. The molecule has 0 bridgehead atoms. The molecule has 214 valence electrons. The van der Waals surface area contributed by atoms with Gasteiger partial charge in [-0.2, -0.15) is 0 Å². The van der Waals surface area contributed by atoms with Crippen LogP contribution in [0.25, 0.3) is 22.2 Å². The van der Waals surface area contributed by atoms with Crippen LogP contribution in [0.5, 0.6) is 11.5 Å². The van der Waals surface area contributed by atoms with Crippen LogP contribution in [0.4, 0.5) is 11.4 Å². The molecule has 9 nitrogen and oxygen atoms in total. The average Bonchev–Trinajstić information content (AvgIpc) is 3.17. The number of aromatic carboxylic acids is 1. The number of unbranched alkanes of at least 4 members (excludes halogenated alkanes) is 1. The lowest BCUT2D eigenvalue weighted by Crippen LogP contribution is -2.17. The van der Waals surface area contributed by atoms with Gasteiger partial charge >= 0.3 is 5.97 Å². The number of anilines is 2. The highest BCUT2D eigenvalue weighted by Gasteiger charge is 2.20. The minimum Gasteiger partial charge on any atom is -0.507 e. The number of hydrogen-bond donors (Lipinski definition) is 4. The lowest BCUT2D eigenvalue weighted by Gasteiger charge is -2.11. The first-order valence-electron chi connectivity index (χ1n) is 13.0. The van der Waals surface area contributed by atoms with Crippen molar-refractivity contribution in [2.24, 2.45) is 7.05 Å². The van der Waals surface area contributed by atoms with Gasteiger partial charge in [0.25, 0.3) is 0 Å². The maximum Gasteiger partial charge on any atom is 0.339 e. The number of carboxylic acid groups (broad SMARTS) is 1. The summed E-state index contributed by atoms with van der Waals surface area (Å²) >= 11 is 8.41. The number of rotatable bonds is 11. The number of halogens is 2. The van der Waals surface area contributed by atoms with E-state index in [-0.39, 0.29) is 36.0 Å². The fraction of sp³-hybridized carbons (Fsp3) is 0.233. The van der Waals surface area contributed by atoms with Gasteiger partial charge < -0.3 is 30.2 Å². The Labute approximate surface area is 255 Å². The van der Waals surface area contributed by atoms with E-state index < -0.39 is 5.97 Å². The van der Waals surface area contributed by atoms with Crippen LogP contribution in [0.1, 0.15) is 43.0 Å². The molecule has 0 aliphatic rings. The van der Waals surface area contributed by atoms with Gasteiger partial charge in [-0.25, -0.2) is 4.79 Å². The van der Waals surface area contributed by atoms with E-state index in [1.54, 1.807) is 36.4 Å². The van der Waals surface area contributed by atoms with E-state index in [2.05, 4.69) is 40.1 Å². The molecule has 4 N–H and O–H groups in total. The van der Waals surface area contributed by atoms with Crippen molar-refractivity contribution in [3.8, 4) is 22.8 Å². The van der Waals surface area contributed by atoms with Crippen LogP contribution >= 0.6 is 34.2 Å². The Morgan fingerprint density at radius 3 is 2.32 bits per heavy atom. The summed E-state index contributed by atoms with van der Waals surface area (Å²) in [4.78, 5) is 36.6. The summed E-state index contributed by atoms with van der Waals surface area (Å²) in [5.74, 6) is -1.61. The zero-order valence-electron chi connectivity index (χ0n) is 22.5. The van der Waals surface area contributed by atoms with E-state index in [4.69, 9.17) is 16.3 Å². The summed E-state index contributed by atoms with van der Waals surface area (Å²) in [5.41, 5.74) is 3.16. The highest BCUT2D eigenvalue weighted by atomic mass is 127. The summed E-state index contributed by atoms with van der Waals surface area (Å²) in [6.45, 7) is 2.64. The van der Waals surface area contributed by atoms with Gasteiger partial charge in [-0.1, -0.05) is 37.1 Å². The molecule has 0 aliphatic heterocycles. The van der Waals surface area contributed by atoms with Gasteiger partial charge in [0.2, 0.25) is 11.8 Å². The Morgan fingerprint density at radius 2 is 1.68 bits per heavy atom. The number of nitrogens with zero attached hydrogens (tertiary/aromatic N) is 1. The molecule has 0 fully saturated rings. The van der Waals surface area contributed by atoms with Gasteiger partial charge in [-0.3, -0.25) is 9.59 Å². The summed E-state index contributed by atoms with van der Waals surface area (Å²) in [5, 5.41) is 26.2. The SMILES string of the molecule is CCCCOc1ccc(NC(=O)CCC(=O)Nc2cccc(-c3c(I)c4cc(C(=O)O)c(O)cc4n3C)c2)cc1Cl. The molecule has 0 unspecified atom stereocenters. The van der Waals surface area contributed by atoms with Gasteiger partial charge in [0.1, 0.15) is 17.1 Å². The number of aryl methyl sites for hydroxylation is 1. The predicted molar refractivity (Wildman–Crippen MR) is 168 cm³/mol. The topological polar surface area (TPSA) is 130 Å². The molecule has 1 aromatic heterocycles. The fourth-order valence-corrected chi connectivity index (χ4v) is 5.70. The summed E-state index contributed by atoms with van der Waals surface area (Å²) in [6.07, 6.45) is 1.89. The molecular weight excluding hydrogens is 661 g/mol. The van der Waals surface area contributed by atoms with Gasteiger partial charge in [0.05, 0.1) is 22.8 Å². The molecule has 0 saturated heterocycles. The molecule has 4 aromatic rings. The maximum atomic E-state index is 12.6. The van der Waals surface area contributed by atoms with Crippen molar-refractivity contribution < 1.29 is 29.3 Å².